The third kappa shape index (κ3) is 4.98. The number of rotatable bonds is 3. The van der Waals surface area contributed by atoms with Crippen LogP contribution in [0, 0.1) is 0 Å². The van der Waals surface area contributed by atoms with Gasteiger partial charge in [0.1, 0.15) is 11.6 Å². The van der Waals surface area contributed by atoms with Crippen LogP contribution in [0.15, 0.2) is 46.9 Å². The van der Waals surface area contributed by atoms with Gasteiger partial charge in [-0.3, -0.25) is 4.79 Å². The van der Waals surface area contributed by atoms with Crippen molar-refractivity contribution in [1.82, 2.24) is 19.8 Å². The molecule has 11 heteroatoms. The van der Waals surface area contributed by atoms with Gasteiger partial charge >= 0.3 is 12.1 Å². The number of hydrogen-bond acceptors (Lipinski definition) is 4. The number of nitrogens with zero attached hydrogens (tertiary/aromatic N) is 2. The molecule has 3 N–H and O–H groups in total. The summed E-state index contributed by atoms with van der Waals surface area (Å²) in [6, 6.07) is 11.6. The van der Waals surface area contributed by atoms with Gasteiger partial charge in [-0.2, -0.15) is 0 Å². The van der Waals surface area contributed by atoms with E-state index in [2.05, 4.69) is 25.9 Å². The highest BCUT2D eigenvalue weighted by atomic mass is 79.9. The van der Waals surface area contributed by atoms with Crippen molar-refractivity contribution in [3.8, 4) is 11.4 Å². The number of carbonyl (C=O) groups excluding carboxylic acids is 2. The molecule has 1 aliphatic heterocycles. The number of piperazine rings is 1. The molecule has 1 fully saturated rings. The number of ether oxygens (including phenoxy) is 1. The first-order valence-electron chi connectivity index (χ1n) is 12.0. The van der Waals surface area contributed by atoms with Gasteiger partial charge in [-0.15, -0.1) is 0 Å². The lowest BCUT2D eigenvalue weighted by Gasteiger charge is -2.39. The van der Waals surface area contributed by atoms with E-state index in [0.29, 0.717) is 32.9 Å². The molecule has 9 nitrogen and oxygen atoms in total. The van der Waals surface area contributed by atoms with Gasteiger partial charge in [0.15, 0.2) is 0 Å². The van der Waals surface area contributed by atoms with E-state index in [1.165, 1.54) is 9.80 Å². The first kappa shape index (κ1) is 26.1. The number of carboxylic acids is 1. The fourth-order valence-electron chi connectivity index (χ4n) is 4.71. The Labute approximate surface area is 231 Å². The highest BCUT2D eigenvalue weighted by molar-refractivity contribution is 9.10. The van der Waals surface area contributed by atoms with Crippen molar-refractivity contribution in [3.05, 3.63) is 57.5 Å². The molecule has 2 amide bonds. The quantitative estimate of drug-likeness (QED) is 0.271. The maximum atomic E-state index is 14.1. The number of carboxylic acid groups (broad SMARTS) is 1. The van der Waals surface area contributed by atoms with Crippen LogP contribution in [0.2, 0.25) is 5.02 Å². The topological polar surface area (TPSA) is 119 Å². The molecule has 2 aromatic heterocycles. The second kappa shape index (κ2) is 9.67. The van der Waals surface area contributed by atoms with Gasteiger partial charge in [0.2, 0.25) is 0 Å². The highest BCUT2D eigenvalue weighted by Crippen LogP contribution is 2.35. The van der Waals surface area contributed by atoms with Crippen LogP contribution in [-0.4, -0.2) is 74.1 Å². The Hall–Kier alpha value is -3.50. The predicted octanol–water partition coefficient (Wildman–Crippen LogP) is 5.88. The molecule has 3 heterocycles. The van der Waals surface area contributed by atoms with E-state index < -0.39 is 29.6 Å². The van der Waals surface area contributed by atoms with Gasteiger partial charge in [0, 0.05) is 44.4 Å². The Balaban J connectivity index is 1.55. The van der Waals surface area contributed by atoms with Gasteiger partial charge in [0.25, 0.3) is 5.91 Å². The average Bonchev–Trinajstić information content (AvgIpc) is 3.42. The Morgan fingerprint density at radius 2 is 1.82 bits per heavy atom. The molecule has 1 unspecified atom stereocenters. The lowest BCUT2D eigenvalue weighted by molar-refractivity contribution is -0.144. The van der Waals surface area contributed by atoms with Crippen molar-refractivity contribution in [2.45, 2.75) is 32.4 Å². The van der Waals surface area contributed by atoms with Crippen molar-refractivity contribution >= 4 is 67.3 Å². The Morgan fingerprint density at radius 3 is 2.53 bits per heavy atom. The van der Waals surface area contributed by atoms with Gasteiger partial charge in [-0.05, 0) is 57.2 Å². The van der Waals surface area contributed by atoms with Crippen LogP contribution in [-0.2, 0) is 9.53 Å². The fraction of sp³-hybridized carbons (Fsp3) is 0.296. The second-order valence-electron chi connectivity index (χ2n) is 10.3. The predicted molar refractivity (Wildman–Crippen MR) is 149 cm³/mol. The molecule has 0 aliphatic carbocycles. The molecule has 198 valence electrons. The van der Waals surface area contributed by atoms with E-state index in [0.717, 1.165) is 15.4 Å². The molecule has 2 aromatic carbocycles. The van der Waals surface area contributed by atoms with E-state index in [1.807, 2.05) is 36.4 Å². The number of aromatic amines is 2. The van der Waals surface area contributed by atoms with Gasteiger partial charge in [-0.1, -0.05) is 33.6 Å². The number of hydrogen-bond donors (Lipinski definition) is 3. The van der Waals surface area contributed by atoms with Crippen LogP contribution in [0.25, 0.3) is 33.2 Å². The lowest BCUT2D eigenvalue weighted by atomic mass is 10.0. The summed E-state index contributed by atoms with van der Waals surface area (Å²) in [6.45, 7) is 5.25. The molecule has 38 heavy (non-hydrogen) atoms. The van der Waals surface area contributed by atoms with Crippen molar-refractivity contribution in [2.75, 3.05) is 19.6 Å². The number of aromatic nitrogens is 2. The Bertz CT molecular complexity index is 1590. The van der Waals surface area contributed by atoms with Crippen molar-refractivity contribution in [3.63, 3.8) is 0 Å². The number of nitrogens with one attached hydrogen (secondary N) is 2. The third-order valence-electron chi connectivity index (χ3n) is 6.40. The number of carbonyl (C=O) groups is 3. The number of H-pyrrole nitrogens is 2. The molecule has 0 radical (unpaired) electrons. The normalized spacial score (nSPS) is 16.3. The van der Waals surface area contributed by atoms with E-state index in [-0.39, 0.29) is 19.6 Å². The molecule has 4 aromatic rings. The summed E-state index contributed by atoms with van der Waals surface area (Å²) < 4.78 is 6.25. The molecule has 1 atom stereocenters. The molecule has 1 aliphatic rings. The van der Waals surface area contributed by atoms with E-state index in [4.69, 9.17) is 16.3 Å². The highest BCUT2D eigenvalue weighted by Gasteiger charge is 2.40. The largest absolute Gasteiger partial charge is 0.480 e. The van der Waals surface area contributed by atoms with Crippen LogP contribution in [0.3, 0.4) is 0 Å². The minimum Gasteiger partial charge on any atom is -0.480 e. The van der Waals surface area contributed by atoms with Gasteiger partial charge in [-0.25, -0.2) is 9.59 Å². The summed E-state index contributed by atoms with van der Waals surface area (Å²) in [5.74, 6) is -1.64. The number of aliphatic carboxylic acids is 1. The summed E-state index contributed by atoms with van der Waals surface area (Å²) in [6.07, 6.45) is -0.606. The third-order valence-corrected chi connectivity index (χ3v) is 7.13. The second-order valence-corrected chi connectivity index (χ2v) is 11.6. The zero-order valence-corrected chi connectivity index (χ0v) is 23.3. The summed E-state index contributed by atoms with van der Waals surface area (Å²) >= 11 is 9.65. The van der Waals surface area contributed by atoms with Crippen LogP contribution < -0.4 is 0 Å². The monoisotopic (exact) mass is 600 g/mol. The Morgan fingerprint density at radius 1 is 1.05 bits per heavy atom. The lowest BCUT2D eigenvalue weighted by Crippen LogP contribution is -2.59. The molecule has 5 rings (SSSR count). The van der Waals surface area contributed by atoms with Crippen molar-refractivity contribution in [2.24, 2.45) is 0 Å². The van der Waals surface area contributed by atoms with Crippen LogP contribution >= 0.6 is 27.5 Å². The number of fused-ring (bicyclic) bond motifs is 2. The average molecular weight is 602 g/mol. The van der Waals surface area contributed by atoms with E-state index in [9.17, 15) is 19.5 Å². The molecular formula is C27H26BrClN4O5. The van der Waals surface area contributed by atoms with Crippen LogP contribution in [0.1, 0.15) is 31.1 Å². The van der Waals surface area contributed by atoms with Gasteiger partial charge < -0.3 is 29.6 Å². The fourth-order valence-corrected chi connectivity index (χ4v) is 5.25. The number of benzene rings is 2. The maximum absolute atomic E-state index is 14.1. The molecule has 0 saturated carbocycles. The molecule has 0 bridgehead atoms. The number of halogens is 2. The van der Waals surface area contributed by atoms with Crippen molar-refractivity contribution < 1.29 is 24.2 Å². The standard InChI is InChI=1S/C27H26BrClN4O5/c1-27(2,3)38-26(37)32-8-9-33(21(13-32)25(35)36)24(34)22-17-6-4-15(28)12-19(17)31-23(22)20-11-14-10-16(29)5-7-18(14)30-20/h4-7,10-12,21,30-31H,8-9,13H2,1-3H3,(H,35,36). The SMILES string of the molecule is CC(C)(C)OC(=O)N1CCN(C(=O)c2c(-c3cc4cc(Cl)ccc4[nH]3)[nH]c3cc(Br)ccc23)C(C(=O)O)C1. The molecule has 0 spiro atoms. The summed E-state index contributed by atoms with van der Waals surface area (Å²) in [5.41, 5.74) is 2.39. The smallest absolute Gasteiger partial charge is 0.410 e. The first-order chi connectivity index (χ1) is 17.9. The van der Waals surface area contributed by atoms with Crippen LogP contribution in [0.5, 0.6) is 0 Å². The zero-order valence-electron chi connectivity index (χ0n) is 21.0. The minimum absolute atomic E-state index is 0.0417. The Kier molecular flexibility index (Phi) is 6.65. The summed E-state index contributed by atoms with van der Waals surface area (Å²) in [4.78, 5) is 48.4. The van der Waals surface area contributed by atoms with Gasteiger partial charge in [0.05, 0.1) is 23.5 Å². The minimum atomic E-state index is -1.24. The molecule has 1 saturated heterocycles. The first-order valence-corrected chi connectivity index (χ1v) is 13.2. The van der Waals surface area contributed by atoms with E-state index >= 15 is 0 Å². The maximum Gasteiger partial charge on any atom is 0.410 e. The van der Waals surface area contributed by atoms with Crippen LogP contribution in [0.4, 0.5) is 4.79 Å². The zero-order chi connectivity index (χ0) is 27.4. The number of amides is 2. The summed E-state index contributed by atoms with van der Waals surface area (Å²) in [7, 11) is 0. The van der Waals surface area contributed by atoms with E-state index in [1.54, 1.807) is 26.8 Å². The summed E-state index contributed by atoms with van der Waals surface area (Å²) in [5, 5.41) is 12.2. The molecular weight excluding hydrogens is 576 g/mol. The van der Waals surface area contributed by atoms with Crippen molar-refractivity contribution in [1.29, 1.82) is 0 Å².